The van der Waals surface area contributed by atoms with Crippen molar-refractivity contribution in [1.29, 1.82) is 0 Å². The number of hydrogen-bond donors (Lipinski definition) is 2. The summed E-state index contributed by atoms with van der Waals surface area (Å²) in [5.41, 5.74) is -0.495. The number of rotatable bonds is 8. The molecule has 0 aliphatic heterocycles. The fraction of sp³-hybridized carbons (Fsp3) is 0.538. The molecule has 8 heteroatoms. The maximum atomic E-state index is 12.1. The second kappa shape index (κ2) is 8.53. The lowest BCUT2D eigenvalue weighted by molar-refractivity contribution is -0.385. The molecule has 1 aromatic rings. The number of pyridine rings is 1. The number of hydrogen-bond acceptors (Lipinski definition) is 5. The molecule has 1 unspecified atom stereocenters. The van der Waals surface area contributed by atoms with Gasteiger partial charge in [0.1, 0.15) is 16.9 Å². The van der Waals surface area contributed by atoms with E-state index in [4.69, 9.17) is 16.7 Å². The fourth-order valence-electron chi connectivity index (χ4n) is 2.02. The Hall–Kier alpha value is -1.73. The second-order valence-electron chi connectivity index (χ2n) is 4.66. The van der Waals surface area contributed by atoms with E-state index in [-0.39, 0.29) is 28.9 Å². The summed E-state index contributed by atoms with van der Waals surface area (Å²) in [7, 11) is 0. The van der Waals surface area contributed by atoms with Crippen LogP contribution in [-0.4, -0.2) is 34.1 Å². The van der Waals surface area contributed by atoms with Gasteiger partial charge in [0.05, 0.1) is 4.92 Å². The molecule has 0 saturated carbocycles. The number of aromatic nitrogens is 1. The van der Waals surface area contributed by atoms with E-state index in [0.29, 0.717) is 13.0 Å². The van der Waals surface area contributed by atoms with Crippen LogP contribution >= 0.6 is 11.6 Å². The molecule has 0 aliphatic carbocycles. The van der Waals surface area contributed by atoms with Crippen LogP contribution in [0.1, 0.15) is 36.5 Å². The summed E-state index contributed by atoms with van der Waals surface area (Å²) in [6.45, 7) is 2.41. The number of carbonyl (C=O) groups is 1. The standard InChI is InChI=1S/C13H18ClN3O4/c1-2-3-9(4-5-18)7-16-13(19)10-6-12(14)15-8-11(10)17(20)21/h6,8-9,18H,2-5,7H2,1H3,(H,16,19). The Morgan fingerprint density at radius 1 is 1.57 bits per heavy atom. The summed E-state index contributed by atoms with van der Waals surface area (Å²) in [6.07, 6.45) is 3.34. The molecule has 0 saturated heterocycles. The zero-order valence-corrected chi connectivity index (χ0v) is 12.5. The summed E-state index contributed by atoms with van der Waals surface area (Å²) < 4.78 is 0. The average molecular weight is 316 g/mol. The van der Waals surface area contributed by atoms with Crippen molar-refractivity contribution < 1.29 is 14.8 Å². The van der Waals surface area contributed by atoms with Gasteiger partial charge in [-0.2, -0.15) is 0 Å². The molecular weight excluding hydrogens is 298 g/mol. The lowest BCUT2D eigenvalue weighted by atomic mass is 10.00. The zero-order valence-electron chi connectivity index (χ0n) is 11.7. The molecule has 0 bridgehead atoms. The molecule has 21 heavy (non-hydrogen) atoms. The van der Waals surface area contributed by atoms with Gasteiger partial charge in [0.25, 0.3) is 11.6 Å². The molecule has 0 fully saturated rings. The molecule has 0 radical (unpaired) electrons. The first-order chi connectivity index (χ1) is 9.99. The highest BCUT2D eigenvalue weighted by Crippen LogP contribution is 2.20. The van der Waals surface area contributed by atoms with Crippen LogP contribution in [0.3, 0.4) is 0 Å². The summed E-state index contributed by atoms with van der Waals surface area (Å²) in [5.74, 6) is -0.426. The van der Waals surface area contributed by atoms with Crippen molar-refractivity contribution in [2.45, 2.75) is 26.2 Å². The fourth-order valence-corrected chi connectivity index (χ4v) is 2.18. The van der Waals surface area contributed by atoms with Gasteiger partial charge in [-0.15, -0.1) is 0 Å². The van der Waals surface area contributed by atoms with Crippen LogP contribution in [0.4, 0.5) is 5.69 Å². The van der Waals surface area contributed by atoms with E-state index >= 15 is 0 Å². The summed E-state index contributed by atoms with van der Waals surface area (Å²) in [5, 5.41) is 22.5. The molecule has 7 nitrogen and oxygen atoms in total. The highest BCUT2D eigenvalue weighted by molar-refractivity contribution is 6.29. The smallest absolute Gasteiger partial charge is 0.300 e. The van der Waals surface area contributed by atoms with Gasteiger partial charge >= 0.3 is 0 Å². The van der Waals surface area contributed by atoms with Crippen molar-refractivity contribution in [2.75, 3.05) is 13.2 Å². The van der Waals surface area contributed by atoms with E-state index < -0.39 is 10.8 Å². The molecule has 0 aliphatic rings. The van der Waals surface area contributed by atoms with Crippen LogP contribution in [-0.2, 0) is 0 Å². The summed E-state index contributed by atoms with van der Waals surface area (Å²) in [6, 6.07) is 1.18. The molecule has 1 aromatic heterocycles. The third-order valence-electron chi connectivity index (χ3n) is 3.08. The van der Waals surface area contributed by atoms with Gasteiger partial charge in [-0.05, 0) is 24.8 Å². The first-order valence-electron chi connectivity index (χ1n) is 6.68. The number of amides is 1. The van der Waals surface area contributed by atoms with E-state index in [1.54, 1.807) is 0 Å². The van der Waals surface area contributed by atoms with E-state index in [0.717, 1.165) is 19.0 Å². The molecular formula is C13H18ClN3O4. The second-order valence-corrected chi connectivity index (χ2v) is 5.05. The molecule has 0 aromatic carbocycles. The summed E-state index contributed by atoms with van der Waals surface area (Å²) >= 11 is 5.68. The Labute approximate surface area is 127 Å². The Bertz CT molecular complexity index is 504. The Morgan fingerprint density at radius 2 is 2.29 bits per heavy atom. The monoisotopic (exact) mass is 315 g/mol. The van der Waals surface area contributed by atoms with Gasteiger partial charge in [0.2, 0.25) is 0 Å². The van der Waals surface area contributed by atoms with Crippen molar-refractivity contribution in [2.24, 2.45) is 5.92 Å². The van der Waals surface area contributed by atoms with Crippen LogP contribution in [0.5, 0.6) is 0 Å². The lowest BCUT2D eigenvalue weighted by Crippen LogP contribution is -2.30. The van der Waals surface area contributed by atoms with Gasteiger partial charge in [-0.25, -0.2) is 4.98 Å². The maximum absolute atomic E-state index is 12.1. The number of nitrogens with zero attached hydrogens (tertiary/aromatic N) is 2. The third-order valence-corrected chi connectivity index (χ3v) is 3.28. The van der Waals surface area contributed by atoms with E-state index in [1.807, 2.05) is 6.92 Å². The zero-order chi connectivity index (χ0) is 15.8. The molecule has 1 heterocycles. The normalized spacial score (nSPS) is 12.0. The first-order valence-corrected chi connectivity index (χ1v) is 7.06. The van der Waals surface area contributed by atoms with Crippen LogP contribution in [0.25, 0.3) is 0 Å². The molecule has 116 valence electrons. The van der Waals surface area contributed by atoms with E-state index in [9.17, 15) is 14.9 Å². The Balaban J connectivity index is 2.79. The van der Waals surface area contributed by atoms with Crippen LogP contribution in [0.15, 0.2) is 12.3 Å². The first kappa shape index (κ1) is 17.3. The van der Waals surface area contributed by atoms with Gasteiger partial charge in [0.15, 0.2) is 0 Å². The van der Waals surface area contributed by atoms with Gasteiger partial charge in [-0.3, -0.25) is 14.9 Å². The highest BCUT2D eigenvalue weighted by atomic mass is 35.5. The number of aliphatic hydroxyl groups excluding tert-OH is 1. The highest BCUT2D eigenvalue weighted by Gasteiger charge is 2.22. The van der Waals surface area contributed by atoms with E-state index in [2.05, 4.69) is 10.3 Å². The molecule has 0 spiro atoms. The molecule has 1 rings (SSSR count). The molecule has 1 atom stereocenters. The largest absolute Gasteiger partial charge is 0.396 e. The minimum Gasteiger partial charge on any atom is -0.396 e. The quantitative estimate of drug-likeness (QED) is 0.434. The Kier molecular flexibility index (Phi) is 7.04. The minimum atomic E-state index is -0.671. The third kappa shape index (κ3) is 5.28. The number of aliphatic hydroxyl groups is 1. The lowest BCUT2D eigenvalue weighted by Gasteiger charge is -2.15. The number of nitro groups is 1. The van der Waals surface area contributed by atoms with Gasteiger partial charge in [0, 0.05) is 13.2 Å². The Morgan fingerprint density at radius 3 is 2.86 bits per heavy atom. The van der Waals surface area contributed by atoms with Gasteiger partial charge < -0.3 is 10.4 Å². The predicted octanol–water partition coefficient (Wildman–Crippen LogP) is 2.17. The van der Waals surface area contributed by atoms with Crippen molar-refractivity contribution >= 4 is 23.2 Å². The van der Waals surface area contributed by atoms with Crippen LogP contribution in [0, 0.1) is 16.0 Å². The van der Waals surface area contributed by atoms with Crippen molar-refractivity contribution in [1.82, 2.24) is 10.3 Å². The number of carbonyl (C=O) groups excluding carboxylic acids is 1. The number of nitrogens with one attached hydrogen (secondary N) is 1. The van der Waals surface area contributed by atoms with E-state index in [1.165, 1.54) is 6.07 Å². The van der Waals surface area contributed by atoms with Crippen LogP contribution in [0.2, 0.25) is 5.15 Å². The number of halogens is 1. The van der Waals surface area contributed by atoms with Crippen molar-refractivity contribution in [3.63, 3.8) is 0 Å². The molecule has 2 N–H and O–H groups in total. The average Bonchev–Trinajstić information content (AvgIpc) is 2.44. The minimum absolute atomic E-state index is 0.0196. The SMILES string of the molecule is CCCC(CCO)CNC(=O)c1cc(Cl)ncc1[N+](=O)[O-]. The topological polar surface area (TPSA) is 105 Å². The van der Waals surface area contributed by atoms with Crippen molar-refractivity contribution in [3.05, 3.63) is 33.1 Å². The van der Waals surface area contributed by atoms with Crippen LogP contribution < -0.4 is 5.32 Å². The predicted molar refractivity (Wildman–Crippen MR) is 78.3 cm³/mol. The maximum Gasteiger partial charge on any atom is 0.300 e. The van der Waals surface area contributed by atoms with Crippen molar-refractivity contribution in [3.8, 4) is 0 Å². The molecule has 1 amide bonds. The summed E-state index contributed by atoms with van der Waals surface area (Å²) in [4.78, 5) is 25.9. The van der Waals surface area contributed by atoms with Gasteiger partial charge in [-0.1, -0.05) is 24.9 Å².